The van der Waals surface area contributed by atoms with E-state index in [1.807, 2.05) is 38.1 Å². The lowest BCUT2D eigenvalue weighted by Crippen LogP contribution is -2.49. The zero-order valence-corrected chi connectivity index (χ0v) is 18.6. The summed E-state index contributed by atoms with van der Waals surface area (Å²) in [7, 11) is 1.60. The van der Waals surface area contributed by atoms with Gasteiger partial charge in [-0.1, -0.05) is 37.6 Å². The lowest BCUT2D eigenvalue weighted by atomic mass is 10.1. The van der Waals surface area contributed by atoms with E-state index in [2.05, 4.69) is 5.32 Å². The average molecular weight is 433 g/mol. The van der Waals surface area contributed by atoms with Crippen LogP contribution < -0.4 is 14.8 Å². The van der Waals surface area contributed by atoms with Crippen molar-refractivity contribution < 1.29 is 19.1 Å². The summed E-state index contributed by atoms with van der Waals surface area (Å²) in [6.07, 6.45) is 0. The van der Waals surface area contributed by atoms with Crippen LogP contribution in [0.3, 0.4) is 0 Å². The zero-order valence-electron chi connectivity index (χ0n) is 17.9. The molecule has 0 aromatic heterocycles. The molecular weight excluding hydrogens is 404 g/mol. The molecule has 0 saturated heterocycles. The molecule has 0 aliphatic rings. The number of ether oxygens (including phenoxy) is 2. The van der Waals surface area contributed by atoms with Crippen LogP contribution in [0.15, 0.2) is 48.5 Å². The second-order valence-corrected chi connectivity index (χ2v) is 7.86. The molecular formula is C23H29ClN2O4. The number of hydrogen-bond donors (Lipinski definition) is 1. The minimum atomic E-state index is -0.646. The Labute approximate surface area is 183 Å². The molecule has 0 unspecified atom stereocenters. The van der Waals surface area contributed by atoms with Crippen molar-refractivity contribution in [3.8, 4) is 11.5 Å². The van der Waals surface area contributed by atoms with E-state index < -0.39 is 6.04 Å². The highest BCUT2D eigenvalue weighted by Gasteiger charge is 2.26. The van der Waals surface area contributed by atoms with Crippen LogP contribution in [0.1, 0.15) is 26.3 Å². The summed E-state index contributed by atoms with van der Waals surface area (Å²) in [4.78, 5) is 27.1. The number of halogens is 1. The quantitative estimate of drug-likeness (QED) is 0.618. The molecule has 0 bridgehead atoms. The molecule has 6 nitrogen and oxygen atoms in total. The van der Waals surface area contributed by atoms with Gasteiger partial charge in [-0.2, -0.15) is 0 Å². The van der Waals surface area contributed by atoms with E-state index in [9.17, 15) is 9.59 Å². The molecule has 30 heavy (non-hydrogen) atoms. The predicted molar refractivity (Wildman–Crippen MR) is 118 cm³/mol. The predicted octanol–water partition coefficient (Wildman–Crippen LogP) is 3.92. The minimum absolute atomic E-state index is 0.181. The number of hydrogen-bond acceptors (Lipinski definition) is 4. The van der Waals surface area contributed by atoms with Crippen molar-refractivity contribution in [2.45, 2.75) is 33.4 Å². The Morgan fingerprint density at radius 2 is 1.60 bits per heavy atom. The number of amides is 2. The van der Waals surface area contributed by atoms with E-state index in [0.29, 0.717) is 23.2 Å². The van der Waals surface area contributed by atoms with Crippen molar-refractivity contribution in [1.29, 1.82) is 0 Å². The van der Waals surface area contributed by atoms with E-state index in [4.69, 9.17) is 21.1 Å². The van der Waals surface area contributed by atoms with Gasteiger partial charge in [0.1, 0.15) is 17.5 Å². The summed E-state index contributed by atoms with van der Waals surface area (Å²) in [6, 6.07) is 13.5. The standard InChI is InChI=1S/C23H29ClN2O4/c1-16(2)13-25-23(28)17(3)26(14-18-5-9-20(29-4)10-6-18)22(27)15-30-21-11-7-19(24)8-12-21/h5-12,16-17H,13-15H2,1-4H3,(H,25,28)/t17-/m0/s1. The van der Waals surface area contributed by atoms with Gasteiger partial charge in [0.05, 0.1) is 7.11 Å². The molecule has 0 fully saturated rings. The number of benzene rings is 2. The van der Waals surface area contributed by atoms with Crippen molar-refractivity contribution in [3.63, 3.8) is 0 Å². The maximum absolute atomic E-state index is 13.0. The number of nitrogens with one attached hydrogen (secondary N) is 1. The Hall–Kier alpha value is -2.73. The number of carbonyl (C=O) groups is 2. The molecule has 0 spiro atoms. The van der Waals surface area contributed by atoms with Gasteiger partial charge in [0.15, 0.2) is 6.61 Å². The van der Waals surface area contributed by atoms with Crippen LogP contribution in [0.4, 0.5) is 0 Å². The third-order valence-electron chi connectivity index (χ3n) is 4.54. The number of nitrogens with zero attached hydrogens (tertiary/aromatic N) is 1. The Kier molecular flexibility index (Phi) is 8.99. The van der Waals surface area contributed by atoms with Crippen molar-refractivity contribution in [2.75, 3.05) is 20.3 Å². The summed E-state index contributed by atoms with van der Waals surface area (Å²) in [5.41, 5.74) is 0.888. The van der Waals surface area contributed by atoms with E-state index in [-0.39, 0.29) is 25.0 Å². The normalized spacial score (nSPS) is 11.7. The Balaban J connectivity index is 2.12. The first-order valence-electron chi connectivity index (χ1n) is 9.88. The summed E-state index contributed by atoms with van der Waals surface area (Å²) in [5.74, 6) is 1.10. The van der Waals surface area contributed by atoms with Crippen molar-refractivity contribution in [3.05, 3.63) is 59.1 Å². The fourth-order valence-electron chi connectivity index (χ4n) is 2.72. The fraction of sp³-hybridized carbons (Fsp3) is 0.391. The third-order valence-corrected chi connectivity index (χ3v) is 4.79. The van der Waals surface area contributed by atoms with Gasteiger partial charge < -0.3 is 19.7 Å². The van der Waals surface area contributed by atoms with Gasteiger partial charge in [-0.15, -0.1) is 0 Å². The fourth-order valence-corrected chi connectivity index (χ4v) is 2.85. The summed E-state index contributed by atoms with van der Waals surface area (Å²) >= 11 is 5.88. The van der Waals surface area contributed by atoms with Crippen LogP contribution in [0.25, 0.3) is 0 Å². The highest BCUT2D eigenvalue weighted by Crippen LogP contribution is 2.17. The molecule has 2 aromatic rings. The molecule has 0 saturated carbocycles. The van der Waals surface area contributed by atoms with E-state index in [1.54, 1.807) is 38.3 Å². The first kappa shape index (κ1) is 23.5. The van der Waals surface area contributed by atoms with Crippen molar-refractivity contribution in [1.82, 2.24) is 10.2 Å². The molecule has 7 heteroatoms. The van der Waals surface area contributed by atoms with Gasteiger partial charge >= 0.3 is 0 Å². The Morgan fingerprint density at radius 3 is 2.17 bits per heavy atom. The maximum atomic E-state index is 13.0. The van der Waals surface area contributed by atoms with Crippen LogP contribution in [0.5, 0.6) is 11.5 Å². The van der Waals surface area contributed by atoms with Gasteiger partial charge in [-0.3, -0.25) is 9.59 Å². The first-order valence-corrected chi connectivity index (χ1v) is 10.3. The first-order chi connectivity index (χ1) is 14.3. The molecule has 0 aliphatic carbocycles. The number of carbonyl (C=O) groups excluding carboxylic acids is 2. The second-order valence-electron chi connectivity index (χ2n) is 7.43. The van der Waals surface area contributed by atoms with Gasteiger partial charge in [0, 0.05) is 18.1 Å². The SMILES string of the molecule is COc1ccc(CN(C(=O)COc2ccc(Cl)cc2)[C@@H](C)C(=O)NCC(C)C)cc1. The largest absolute Gasteiger partial charge is 0.497 e. The van der Waals surface area contributed by atoms with Crippen molar-refractivity contribution >= 4 is 23.4 Å². The summed E-state index contributed by atoms with van der Waals surface area (Å²) < 4.78 is 10.8. The molecule has 2 aromatic carbocycles. The molecule has 0 heterocycles. The molecule has 2 rings (SSSR count). The van der Waals surface area contributed by atoms with Gasteiger partial charge in [-0.05, 0) is 54.8 Å². The molecule has 2 amide bonds. The van der Waals surface area contributed by atoms with Crippen LogP contribution in [-0.2, 0) is 16.1 Å². The average Bonchev–Trinajstić information content (AvgIpc) is 2.75. The third kappa shape index (κ3) is 7.26. The van der Waals surface area contributed by atoms with Crippen LogP contribution in [0.2, 0.25) is 5.02 Å². The summed E-state index contributed by atoms with van der Waals surface area (Å²) in [6.45, 7) is 6.41. The van der Waals surface area contributed by atoms with E-state index in [0.717, 1.165) is 11.3 Å². The molecule has 0 radical (unpaired) electrons. The highest BCUT2D eigenvalue weighted by molar-refractivity contribution is 6.30. The minimum Gasteiger partial charge on any atom is -0.497 e. The van der Waals surface area contributed by atoms with E-state index >= 15 is 0 Å². The second kappa shape index (κ2) is 11.5. The van der Waals surface area contributed by atoms with Crippen molar-refractivity contribution in [2.24, 2.45) is 5.92 Å². The lowest BCUT2D eigenvalue weighted by Gasteiger charge is -2.29. The van der Waals surface area contributed by atoms with Crippen LogP contribution in [0, 0.1) is 5.92 Å². The maximum Gasteiger partial charge on any atom is 0.261 e. The monoisotopic (exact) mass is 432 g/mol. The topological polar surface area (TPSA) is 67.9 Å². The number of methoxy groups -OCH3 is 1. The molecule has 0 aliphatic heterocycles. The smallest absolute Gasteiger partial charge is 0.261 e. The number of rotatable bonds is 10. The Morgan fingerprint density at radius 1 is 1.00 bits per heavy atom. The summed E-state index contributed by atoms with van der Waals surface area (Å²) in [5, 5.41) is 3.48. The lowest BCUT2D eigenvalue weighted by molar-refractivity contribution is -0.142. The zero-order chi connectivity index (χ0) is 22.1. The Bertz CT molecular complexity index is 822. The van der Waals surface area contributed by atoms with Crippen LogP contribution in [-0.4, -0.2) is 43.0 Å². The molecule has 1 atom stereocenters. The van der Waals surface area contributed by atoms with Crippen LogP contribution >= 0.6 is 11.6 Å². The molecule has 162 valence electrons. The van der Waals surface area contributed by atoms with Gasteiger partial charge in [0.2, 0.25) is 5.91 Å². The van der Waals surface area contributed by atoms with Gasteiger partial charge in [0.25, 0.3) is 5.91 Å². The van der Waals surface area contributed by atoms with E-state index in [1.165, 1.54) is 4.90 Å². The van der Waals surface area contributed by atoms with Gasteiger partial charge in [-0.25, -0.2) is 0 Å². The highest BCUT2D eigenvalue weighted by atomic mass is 35.5. The molecule has 1 N–H and O–H groups in total.